The molecule has 0 spiro atoms. The molecule has 0 aliphatic heterocycles. The predicted octanol–water partition coefficient (Wildman–Crippen LogP) is 1.70. The van der Waals surface area contributed by atoms with E-state index in [0.29, 0.717) is 12.4 Å². The molecule has 0 radical (unpaired) electrons. The highest BCUT2D eigenvalue weighted by Crippen LogP contribution is 1.97. The van der Waals surface area contributed by atoms with E-state index in [4.69, 9.17) is 10.5 Å². The van der Waals surface area contributed by atoms with Crippen LogP contribution in [-0.2, 0) is 4.79 Å². The number of hydrogen-bond donors (Lipinski definition) is 2. The van der Waals surface area contributed by atoms with Crippen molar-refractivity contribution in [3.8, 4) is 0 Å². The van der Waals surface area contributed by atoms with Crippen LogP contribution in [0.1, 0.15) is 32.6 Å². The zero-order valence-electron chi connectivity index (χ0n) is 11.1. The van der Waals surface area contributed by atoms with E-state index in [1.807, 2.05) is 28.2 Å². The summed E-state index contributed by atoms with van der Waals surface area (Å²) in [5.74, 6) is -0.163. The van der Waals surface area contributed by atoms with Crippen molar-refractivity contribution in [2.45, 2.75) is 32.6 Å². The second kappa shape index (κ2) is 10.3. The zero-order valence-corrected chi connectivity index (χ0v) is 11.1. The van der Waals surface area contributed by atoms with E-state index in [0.717, 1.165) is 19.3 Å². The minimum absolute atomic E-state index is 0.327. The second-order valence-corrected chi connectivity index (χ2v) is 3.96. The number of carboxylic acids is 1. The molecule has 16 heavy (non-hydrogen) atoms. The number of hydrogen-bond acceptors (Lipinski definition) is 2. The Balaban J connectivity index is 0. The molecule has 5 heteroatoms. The molecule has 0 fully saturated rings. The van der Waals surface area contributed by atoms with Gasteiger partial charge in [0.25, 0.3) is 0 Å². The van der Waals surface area contributed by atoms with Crippen molar-refractivity contribution in [2.75, 3.05) is 28.2 Å². The minimum Gasteiger partial charge on any atom is -0.481 e. The normalized spacial score (nSPS) is 8.81. The molecule has 0 aromatic heterocycles. The number of nitrogens with zero attached hydrogens (tertiary/aromatic N) is 2. The Morgan fingerprint density at radius 3 is 1.75 bits per heavy atom. The third-order valence-corrected chi connectivity index (χ3v) is 1.84. The Hall–Kier alpha value is -1.26. The highest BCUT2D eigenvalue weighted by atomic mass is 16.4. The van der Waals surface area contributed by atoms with Crippen molar-refractivity contribution in [2.24, 2.45) is 0 Å². The van der Waals surface area contributed by atoms with Crippen molar-refractivity contribution in [3.63, 3.8) is 0 Å². The predicted molar refractivity (Wildman–Crippen MR) is 66.9 cm³/mol. The largest absolute Gasteiger partial charge is 0.481 e. The van der Waals surface area contributed by atoms with Crippen molar-refractivity contribution in [3.05, 3.63) is 0 Å². The molecule has 0 saturated carbocycles. The fourth-order valence-electron chi connectivity index (χ4n) is 0.926. The first-order valence-corrected chi connectivity index (χ1v) is 5.47. The van der Waals surface area contributed by atoms with E-state index in [-0.39, 0.29) is 0 Å². The molecule has 0 bridgehead atoms. The van der Waals surface area contributed by atoms with Crippen LogP contribution >= 0.6 is 0 Å². The Morgan fingerprint density at radius 1 is 1.12 bits per heavy atom. The van der Waals surface area contributed by atoms with Crippen molar-refractivity contribution >= 4 is 11.9 Å². The quantitative estimate of drug-likeness (QED) is 0.439. The SMILES string of the molecule is CCCCCC(=O)O.CN(C)C(=N)N(C)C. The average Bonchev–Trinajstić information content (AvgIpc) is 2.17. The molecule has 0 saturated heterocycles. The Labute approximate surface area is 98.6 Å². The Bertz CT molecular complexity index is 193. The van der Waals surface area contributed by atoms with Crippen LogP contribution in [0, 0.1) is 5.41 Å². The second-order valence-electron chi connectivity index (χ2n) is 3.96. The monoisotopic (exact) mass is 231 g/mol. The van der Waals surface area contributed by atoms with Gasteiger partial charge in [0, 0.05) is 34.6 Å². The van der Waals surface area contributed by atoms with E-state index in [2.05, 4.69) is 6.92 Å². The summed E-state index contributed by atoms with van der Waals surface area (Å²) in [7, 11) is 7.40. The third-order valence-electron chi connectivity index (χ3n) is 1.84. The van der Waals surface area contributed by atoms with Crippen LogP contribution in [0.5, 0.6) is 0 Å². The summed E-state index contributed by atoms with van der Waals surface area (Å²) in [5, 5.41) is 15.4. The fourth-order valence-corrected chi connectivity index (χ4v) is 0.926. The standard InChI is InChI=1S/C6H12O2.C5H13N3/c1-2-3-4-5-6(7)8;1-7(2)5(6)8(3)4/h2-5H2,1H3,(H,7,8);6H,1-4H3. The molecule has 0 unspecified atom stereocenters. The summed E-state index contributed by atoms with van der Waals surface area (Å²) < 4.78 is 0. The number of unbranched alkanes of at least 4 members (excludes halogenated alkanes) is 2. The van der Waals surface area contributed by atoms with E-state index < -0.39 is 5.97 Å². The van der Waals surface area contributed by atoms with Gasteiger partial charge in [0.15, 0.2) is 5.96 Å². The molecular formula is C11H25N3O2. The maximum Gasteiger partial charge on any atom is 0.303 e. The van der Waals surface area contributed by atoms with Crippen LogP contribution in [0.15, 0.2) is 0 Å². The van der Waals surface area contributed by atoms with Gasteiger partial charge >= 0.3 is 5.97 Å². The van der Waals surface area contributed by atoms with Crippen molar-refractivity contribution in [1.29, 1.82) is 5.41 Å². The molecular weight excluding hydrogens is 206 g/mol. The number of aliphatic carboxylic acids is 1. The molecule has 5 nitrogen and oxygen atoms in total. The van der Waals surface area contributed by atoms with Gasteiger partial charge in [-0.3, -0.25) is 10.2 Å². The first-order valence-electron chi connectivity index (χ1n) is 5.47. The van der Waals surface area contributed by atoms with E-state index in [1.54, 1.807) is 9.80 Å². The van der Waals surface area contributed by atoms with Crippen molar-refractivity contribution < 1.29 is 9.90 Å². The molecule has 96 valence electrons. The summed E-state index contributed by atoms with van der Waals surface area (Å²) in [5.41, 5.74) is 0. The van der Waals surface area contributed by atoms with Gasteiger partial charge < -0.3 is 14.9 Å². The number of guanidine groups is 1. The van der Waals surface area contributed by atoms with Gasteiger partial charge in [-0.15, -0.1) is 0 Å². The van der Waals surface area contributed by atoms with Gasteiger partial charge in [0.2, 0.25) is 0 Å². The Kier molecular flexibility index (Phi) is 11.0. The van der Waals surface area contributed by atoms with Gasteiger partial charge in [-0.1, -0.05) is 19.8 Å². The lowest BCUT2D eigenvalue weighted by Gasteiger charge is -2.19. The van der Waals surface area contributed by atoms with E-state index >= 15 is 0 Å². The van der Waals surface area contributed by atoms with E-state index in [1.165, 1.54) is 0 Å². The zero-order chi connectivity index (χ0) is 13.1. The lowest BCUT2D eigenvalue weighted by atomic mass is 10.2. The van der Waals surface area contributed by atoms with Gasteiger partial charge in [-0.05, 0) is 6.42 Å². The van der Waals surface area contributed by atoms with Crippen LogP contribution in [0.2, 0.25) is 0 Å². The molecule has 0 amide bonds. The minimum atomic E-state index is -0.682. The summed E-state index contributed by atoms with van der Waals surface area (Å²) in [6.07, 6.45) is 3.28. The molecule has 0 aromatic rings. The topological polar surface area (TPSA) is 67.6 Å². The number of nitrogens with one attached hydrogen (secondary N) is 1. The lowest BCUT2D eigenvalue weighted by Crippen LogP contribution is -2.34. The smallest absolute Gasteiger partial charge is 0.303 e. The maximum absolute atomic E-state index is 9.87. The van der Waals surface area contributed by atoms with Crippen molar-refractivity contribution in [1.82, 2.24) is 9.80 Å². The molecule has 0 aliphatic rings. The number of carboxylic acid groups (broad SMARTS) is 1. The molecule has 2 N–H and O–H groups in total. The average molecular weight is 231 g/mol. The first-order chi connectivity index (χ1) is 7.32. The fraction of sp³-hybridized carbons (Fsp3) is 0.818. The van der Waals surface area contributed by atoms with Gasteiger partial charge in [-0.25, -0.2) is 0 Å². The lowest BCUT2D eigenvalue weighted by molar-refractivity contribution is -0.137. The molecule has 0 heterocycles. The summed E-state index contributed by atoms with van der Waals surface area (Å²) in [6.45, 7) is 2.06. The highest BCUT2D eigenvalue weighted by molar-refractivity contribution is 5.75. The van der Waals surface area contributed by atoms with Crippen LogP contribution in [0.25, 0.3) is 0 Å². The Morgan fingerprint density at radius 2 is 1.56 bits per heavy atom. The highest BCUT2D eigenvalue weighted by Gasteiger charge is 1.97. The first kappa shape index (κ1) is 17.1. The number of carbonyl (C=O) groups is 1. The maximum atomic E-state index is 9.87. The molecule has 0 aliphatic carbocycles. The molecule has 0 atom stereocenters. The third kappa shape index (κ3) is 12.7. The summed E-state index contributed by atoms with van der Waals surface area (Å²) >= 11 is 0. The summed E-state index contributed by atoms with van der Waals surface area (Å²) in [6, 6.07) is 0. The van der Waals surface area contributed by atoms with E-state index in [9.17, 15) is 4.79 Å². The van der Waals surface area contributed by atoms with Crippen LogP contribution < -0.4 is 0 Å². The molecule has 0 rings (SSSR count). The van der Waals surface area contributed by atoms with Crippen LogP contribution in [-0.4, -0.2) is 55.0 Å². The molecule has 0 aromatic carbocycles. The summed E-state index contributed by atoms with van der Waals surface area (Å²) in [4.78, 5) is 13.4. The van der Waals surface area contributed by atoms with Gasteiger partial charge in [-0.2, -0.15) is 0 Å². The van der Waals surface area contributed by atoms with Gasteiger partial charge in [0.05, 0.1) is 0 Å². The van der Waals surface area contributed by atoms with Gasteiger partial charge in [0.1, 0.15) is 0 Å². The van der Waals surface area contributed by atoms with Crippen LogP contribution in [0.4, 0.5) is 0 Å². The van der Waals surface area contributed by atoms with Crippen LogP contribution in [0.3, 0.4) is 0 Å². The number of rotatable bonds is 4.